The molecule has 10 heteroatoms. The summed E-state index contributed by atoms with van der Waals surface area (Å²) in [5.41, 5.74) is 1.17. The Bertz CT molecular complexity index is 1190. The van der Waals surface area contributed by atoms with Gasteiger partial charge in [-0.25, -0.2) is 0 Å². The van der Waals surface area contributed by atoms with Crippen molar-refractivity contribution in [3.05, 3.63) is 68.9 Å². The number of nitrogens with one attached hydrogen (secondary N) is 3. The van der Waals surface area contributed by atoms with Crippen LogP contribution < -0.4 is 10.6 Å². The van der Waals surface area contributed by atoms with Crippen LogP contribution >= 0.6 is 34.9 Å². The third kappa shape index (κ3) is 4.50. The number of nitrogens with zero attached hydrogens (tertiary/aromatic N) is 2. The van der Waals surface area contributed by atoms with Crippen LogP contribution in [0.1, 0.15) is 9.67 Å². The van der Waals surface area contributed by atoms with Crippen LogP contribution in [0, 0.1) is 4.77 Å². The van der Waals surface area contributed by atoms with E-state index >= 15 is 0 Å². The second-order valence-electron chi connectivity index (χ2n) is 5.98. The van der Waals surface area contributed by atoms with Crippen LogP contribution in [0.15, 0.2) is 59.3 Å². The van der Waals surface area contributed by atoms with E-state index in [0.29, 0.717) is 26.8 Å². The number of hydrogen-bond donors (Lipinski definition) is 3. The number of carbonyl (C=O) groups is 2. The van der Waals surface area contributed by atoms with E-state index in [1.165, 1.54) is 22.7 Å². The first-order chi connectivity index (χ1) is 14.1. The molecule has 4 rings (SSSR count). The fourth-order valence-electron chi connectivity index (χ4n) is 2.68. The second kappa shape index (κ2) is 8.52. The predicted octanol–water partition coefficient (Wildman–Crippen LogP) is 4.62. The summed E-state index contributed by atoms with van der Waals surface area (Å²) in [5.74, 6) is 0.188. The Morgan fingerprint density at radius 1 is 1.03 bits per heavy atom. The SMILES string of the molecule is O=C(Cn1c(-c2cccs2)n[nH]c1=S)Nc1cccc(NC(=O)c2cccs2)c1. The molecule has 0 radical (unpaired) electrons. The lowest BCUT2D eigenvalue weighted by Crippen LogP contribution is -2.19. The molecule has 0 aliphatic heterocycles. The van der Waals surface area contributed by atoms with E-state index in [1.807, 2.05) is 29.0 Å². The number of anilines is 2. The number of aromatic nitrogens is 3. The van der Waals surface area contributed by atoms with Gasteiger partial charge in [0.25, 0.3) is 5.91 Å². The molecular formula is C19H15N5O2S3. The zero-order chi connectivity index (χ0) is 20.2. The summed E-state index contributed by atoms with van der Waals surface area (Å²) < 4.78 is 2.03. The maximum Gasteiger partial charge on any atom is 0.265 e. The lowest BCUT2D eigenvalue weighted by Gasteiger charge is -2.09. The Balaban J connectivity index is 1.45. The molecule has 2 amide bonds. The molecule has 29 heavy (non-hydrogen) atoms. The number of amides is 2. The predicted molar refractivity (Wildman–Crippen MR) is 118 cm³/mol. The fourth-order valence-corrected chi connectivity index (χ4v) is 4.22. The Hall–Kier alpha value is -3.08. The summed E-state index contributed by atoms with van der Waals surface area (Å²) >= 11 is 8.15. The number of rotatable bonds is 6. The van der Waals surface area contributed by atoms with Crippen LogP contribution in [0.3, 0.4) is 0 Å². The fraction of sp³-hybridized carbons (Fsp3) is 0.0526. The molecule has 3 N–H and O–H groups in total. The molecule has 0 aliphatic rings. The summed E-state index contributed by atoms with van der Waals surface area (Å²) in [6, 6.07) is 14.4. The van der Waals surface area contributed by atoms with E-state index in [0.717, 1.165) is 4.88 Å². The number of benzene rings is 1. The maximum absolute atomic E-state index is 12.6. The zero-order valence-electron chi connectivity index (χ0n) is 14.9. The molecular weight excluding hydrogens is 426 g/mol. The number of H-pyrrole nitrogens is 1. The quantitative estimate of drug-likeness (QED) is 0.381. The van der Waals surface area contributed by atoms with E-state index in [4.69, 9.17) is 12.2 Å². The van der Waals surface area contributed by atoms with Crippen molar-refractivity contribution in [3.8, 4) is 10.7 Å². The smallest absolute Gasteiger partial charge is 0.265 e. The molecule has 0 atom stereocenters. The molecule has 7 nitrogen and oxygen atoms in total. The van der Waals surface area contributed by atoms with Gasteiger partial charge in [-0.2, -0.15) is 5.10 Å². The summed E-state index contributed by atoms with van der Waals surface area (Å²) in [6.07, 6.45) is 0. The van der Waals surface area contributed by atoms with Gasteiger partial charge < -0.3 is 10.6 Å². The molecule has 0 saturated heterocycles. The summed E-state index contributed by atoms with van der Waals surface area (Å²) in [7, 11) is 0. The first kappa shape index (κ1) is 19.2. The molecule has 146 valence electrons. The van der Waals surface area contributed by atoms with Gasteiger partial charge >= 0.3 is 0 Å². The highest BCUT2D eigenvalue weighted by Crippen LogP contribution is 2.23. The Morgan fingerprint density at radius 2 is 1.79 bits per heavy atom. The van der Waals surface area contributed by atoms with Crippen LogP contribution in [0.2, 0.25) is 0 Å². The van der Waals surface area contributed by atoms with Gasteiger partial charge in [0.1, 0.15) is 6.54 Å². The van der Waals surface area contributed by atoms with E-state index in [2.05, 4.69) is 20.8 Å². The minimum atomic E-state index is -0.248. The van der Waals surface area contributed by atoms with Gasteiger partial charge in [0.05, 0.1) is 9.75 Å². The van der Waals surface area contributed by atoms with Crippen molar-refractivity contribution in [3.63, 3.8) is 0 Å². The number of thiophene rings is 2. The molecule has 0 fully saturated rings. The largest absolute Gasteiger partial charge is 0.324 e. The van der Waals surface area contributed by atoms with Crippen molar-refractivity contribution in [1.82, 2.24) is 14.8 Å². The van der Waals surface area contributed by atoms with Gasteiger partial charge in [0.2, 0.25) is 5.91 Å². The van der Waals surface area contributed by atoms with Gasteiger partial charge in [-0.15, -0.1) is 22.7 Å². The topological polar surface area (TPSA) is 91.8 Å². The molecule has 0 spiro atoms. The lowest BCUT2D eigenvalue weighted by atomic mass is 10.2. The molecule has 0 unspecified atom stereocenters. The number of aromatic amines is 1. The first-order valence-corrected chi connectivity index (χ1v) is 10.7. The number of hydrogen-bond acceptors (Lipinski definition) is 6. The first-order valence-electron chi connectivity index (χ1n) is 8.54. The van der Waals surface area contributed by atoms with Crippen molar-refractivity contribution in [1.29, 1.82) is 0 Å². The molecule has 1 aromatic carbocycles. The van der Waals surface area contributed by atoms with Crippen molar-refractivity contribution < 1.29 is 9.59 Å². The van der Waals surface area contributed by atoms with Crippen LogP contribution in [0.5, 0.6) is 0 Å². The van der Waals surface area contributed by atoms with E-state index < -0.39 is 0 Å². The molecule has 4 aromatic rings. The van der Waals surface area contributed by atoms with Gasteiger partial charge in [-0.3, -0.25) is 19.3 Å². The van der Waals surface area contributed by atoms with Gasteiger partial charge in [0, 0.05) is 11.4 Å². The third-order valence-corrected chi connectivity index (χ3v) is 6.00. The van der Waals surface area contributed by atoms with Gasteiger partial charge in [-0.05, 0) is 53.3 Å². The summed E-state index contributed by atoms with van der Waals surface area (Å²) in [4.78, 5) is 26.3. The van der Waals surface area contributed by atoms with Crippen LogP contribution in [-0.2, 0) is 11.3 Å². The molecule has 3 aromatic heterocycles. The Kier molecular flexibility index (Phi) is 5.65. The second-order valence-corrected chi connectivity index (χ2v) is 8.26. The standard InChI is InChI=1S/C19H15N5O2S3/c25-16(11-24-17(22-23-19(24)27)14-6-2-8-28-14)20-12-4-1-5-13(10-12)21-18(26)15-7-3-9-29-15/h1-10H,11H2,(H,20,25)(H,21,26)(H,23,27). The normalized spacial score (nSPS) is 10.6. The van der Waals surface area contributed by atoms with Crippen molar-refractivity contribution in [2.45, 2.75) is 6.54 Å². The van der Waals surface area contributed by atoms with Crippen molar-refractivity contribution in [2.24, 2.45) is 0 Å². The summed E-state index contributed by atoms with van der Waals surface area (Å²) in [5, 5.41) is 16.4. The highest BCUT2D eigenvalue weighted by atomic mass is 32.1. The Labute approximate surface area is 179 Å². The lowest BCUT2D eigenvalue weighted by molar-refractivity contribution is -0.116. The molecule has 3 heterocycles. The van der Waals surface area contributed by atoms with Crippen LogP contribution in [-0.4, -0.2) is 26.6 Å². The number of carbonyl (C=O) groups excluding carboxylic acids is 2. The average molecular weight is 442 g/mol. The Morgan fingerprint density at radius 3 is 2.52 bits per heavy atom. The molecule has 0 bridgehead atoms. The maximum atomic E-state index is 12.6. The van der Waals surface area contributed by atoms with E-state index in [-0.39, 0.29) is 18.4 Å². The minimum Gasteiger partial charge on any atom is -0.324 e. The third-order valence-electron chi connectivity index (χ3n) is 3.95. The van der Waals surface area contributed by atoms with Gasteiger partial charge in [-0.1, -0.05) is 18.2 Å². The molecule has 0 aliphatic carbocycles. The average Bonchev–Trinajstić information content (AvgIpc) is 3.45. The van der Waals surface area contributed by atoms with Crippen molar-refractivity contribution >= 4 is 58.1 Å². The zero-order valence-corrected chi connectivity index (χ0v) is 17.4. The monoisotopic (exact) mass is 441 g/mol. The van der Waals surface area contributed by atoms with Gasteiger partial charge in [0.15, 0.2) is 10.6 Å². The minimum absolute atomic E-state index is 0.0222. The van der Waals surface area contributed by atoms with Crippen LogP contribution in [0.25, 0.3) is 10.7 Å². The highest BCUT2D eigenvalue weighted by molar-refractivity contribution is 7.71. The van der Waals surface area contributed by atoms with Crippen molar-refractivity contribution in [2.75, 3.05) is 10.6 Å². The highest BCUT2D eigenvalue weighted by Gasteiger charge is 2.14. The van der Waals surface area contributed by atoms with E-state index in [1.54, 1.807) is 34.9 Å². The van der Waals surface area contributed by atoms with E-state index in [9.17, 15) is 9.59 Å². The summed E-state index contributed by atoms with van der Waals surface area (Å²) in [6.45, 7) is 0.0222. The molecule has 0 saturated carbocycles. The van der Waals surface area contributed by atoms with Crippen LogP contribution in [0.4, 0.5) is 11.4 Å².